The van der Waals surface area contributed by atoms with E-state index in [1.807, 2.05) is 0 Å². The van der Waals surface area contributed by atoms with Crippen molar-refractivity contribution < 1.29 is 4.42 Å². The third kappa shape index (κ3) is 4.23. The van der Waals surface area contributed by atoms with Crippen LogP contribution in [0.25, 0.3) is 38.6 Å². The van der Waals surface area contributed by atoms with E-state index in [1.165, 1.54) is 55.7 Å². The molecule has 0 spiro atoms. The van der Waals surface area contributed by atoms with Crippen LogP contribution in [0.2, 0.25) is 0 Å². The Morgan fingerprint density at radius 3 is 2.11 bits per heavy atom. The molecule has 3 aliphatic rings. The number of para-hydroxylation sites is 1. The number of benzene rings is 7. The molecule has 0 fully saturated rings. The van der Waals surface area contributed by atoms with E-state index in [0.717, 1.165) is 51.8 Å². The van der Waals surface area contributed by atoms with Gasteiger partial charge in [-0.2, -0.15) is 0 Å². The first-order chi connectivity index (χ1) is 26.5. The summed E-state index contributed by atoms with van der Waals surface area (Å²) < 4.78 is 6.50. The Balaban J connectivity index is 1.20. The molecule has 2 heteroatoms. The number of fused-ring (bicyclic) bond motifs is 8. The largest absolute Gasteiger partial charge is 0.456 e. The second-order valence-corrected chi connectivity index (χ2v) is 15.5. The molecular formula is C52H39NO. The maximum Gasteiger partial charge on any atom is 0.137 e. The SMILES string of the molecule is CC1(C)c2ccccc2-c2ccc(N(c3cccc(C4(c5ccccc5)C5=C(CCC=C5)c5ccccc54)c3)c3cccc4oc5ccccc5c34)cc21. The van der Waals surface area contributed by atoms with Crippen molar-refractivity contribution in [3.05, 3.63) is 215 Å². The molecule has 0 bridgehead atoms. The zero-order chi connectivity index (χ0) is 36.0. The van der Waals surface area contributed by atoms with Gasteiger partial charge >= 0.3 is 0 Å². The Hall–Kier alpha value is -6.38. The first-order valence-corrected chi connectivity index (χ1v) is 19.2. The number of furan rings is 1. The van der Waals surface area contributed by atoms with Crippen LogP contribution in [0.1, 0.15) is 60.1 Å². The van der Waals surface area contributed by atoms with Crippen LogP contribution in [0.3, 0.4) is 0 Å². The summed E-state index contributed by atoms with van der Waals surface area (Å²) in [5, 5.41) is 2.23. The summed E-state index contributed by atoms with van der Waals surface area (Å²) in [6.07, 6.45) is 6.89. The molecule has 1 heterocycles. The molecule has 0 saturated carbocycles. The minimum absolute atomic E-state index is 0.134. The molecule has 1 unspecified atom stereocenters. The number of hydrogen-bond donors (Lipinski definition) is 0. The molecule has 54 heavy (non-hydrogen) atoms. The normalized spacial score (nSPS) is 17.7. The standard InChI is InChI=1S/C52H39NO/c1-51(2)43-24-10-6-20-38(43)41-31-30-37(33-46(41)51)53(47-27-15-29-49-50(47)42-23-9-13-28-48(42)54-49)36-19-14-18-35(32-36)52(34-16-4-3-5-17-34)44-25-11-7-21-39(44)40-22-8-12-26-45(40)52/h3-7,9-21,23-33H,8,22H2,1-2H3. The first kappa shape index (κ1) is 31.2. The highest BCUT2D eigenvalue weighted by Crippen LogP contribution is 2.58. The molecule has 0 amide bonds. The second-order valence-electron chi connectivity index (χ2n) is 15.5. The summed E-state index contributed by atoms with van der Waals surface area (Å²) in [7, 11) is 0. The summed E-state index contributed by atoms with van der Waals surface area (Å²) >= 11 is 0. The van der Waals surface area contributed by atoms with Crippen LogP contribution in [0.15, 0.2) is 186 Å². The monoisotopic (exact) mass is 693 g/mol. The van der Waals surface area contributed by atoms with Crippen LogP contribution >= 0.6 is 0 Å². The molecule has 0 N–H and O–H groups in total. The van der Waals surface area contributed by atoms with Crippen molar-refractivity contribution in [1.29, 1.82) is 0 Å². The topological polar surface area (TPSA) is 16.4 Å². The van der Waals surface area contributed by atoms with E-state index in [1.54, 1.807) is 0 Å². The third-order valence-corrected chi connectivity index (χ3v) is 12.4. The molecule has 0 saturated heterocycles. The predicted octanol–water partition coefficient (Wildman–Crippen LogP) is 13.8. The molecule has 0 radical (unpaired) electrons. The Kier molecular flexibility index (Phi) is 6.67. The maximum atomic E-state index is 6.50. The van der Waals surface area contributed by atoms with Crippen molar-refractivity contribution in [3.8, 4) is 11.1 Å². The lowest BCUT2D eigenvalue weighted by Gasteiger charge is -2.36. The van der Waals surface area contributed by atoms with Gasteiger partial charge in [-0.05, 0) is 111 Å². The van der Waals surface area contributed by atoms with Gasteiger partial charge in [-0.15, -0.1) is 0 Å². The molecule has 1 aromatic heterocycles. The van der Waals surface area contributed by atoms with Crippen molar-refractivity contribution in [2.24, 2.45) is 0 Å². The molecule has 11 rings (SSSR count). The van der Waals surface area contributed by atoms with E-state index < -0.39 is 5.41 Å². The van der Waals surface area contributed by atoms with Gasteiger partial charge in [0.15, 0.2) is 0 Å². The molecule has 1 atom stereocenters. The van der Waals surface area contributed by atoms with Crippen LogP contribution < -0.4 is 4.90 Å². The average molecular weight is 694 g/mol. The lowest BCUT2D eigenvalue weighted by molar-refractivity contribution is 0.660. The maximum absolute atomic E-state index is 6.50. The van der Waals surface area contributed by atoms with Crippen LogP contribution in [0, 0.1) is 0 Å². The van der Waals surface area contributed by atoms with Crippen LogP contribution in [0.4, 0.5) is 17.1 Å². The van der Waals surface area contributed by atoms with Crippen molar-refractivity contribution in [1.82, 2.24) is 0 Å². The van der Waals surface area contributed by atoms with Crippen LogP contribution in [0.5, 0.6) is 0 Å². The number of allylic oxidation sites excluding steroid dienone is 4. The molecule has 2 nitrogen and oxygen atoms in total. The van der Waals surface area contributed by atoms with Gasteiger partial charge in [0.05, 0.1) is 16.5 Å². The first-order valence-electron chi connectivity index (χ1n) is 19.2. The molecule has 258 valence electrons. The second kappa shape index (κ2) is 11.6. The van der Waals surface area contributed by atoms with Gasteiger partial charge in [-0.25, -0.2) is 0 Å². The zero-order valence-corrected chi connectivity index (χ0v) is 30.5. The third-order valence-electron chi connectivity index (χ3n) is 12.4. The van der Waals surface area contributed by atoms with Crippen molar-refractivity contribution >= 4 is 44.6 Å². The molecular weight excluding hydrogens is 655 g/mol. The van der Waals surface area contributed by atoms with Gasteiger partial charge in [0.1, 0.15) is 11.2 Å². The van der Waals surface area contributed by atoms with E-state index in [2.05, 4.69) is 195 Å². The fourth-order valence-electron chi connectivity index (χ4n) is 10.1. The van der Waals surface area contributed by atoms with E-state index in [4.69, 9.17) is 4.42 Å². The van der Waals surface area contributed by atoms with Crippen molar-refractivity contribution in [2.45, 2.75) is 37.5 Å². The van der Waals surface area contributed by atoms with E-state index in [-0.39, 0.29) is 5.41 Å². The number of rotatable bonds is 5. The minimum Gasteiger partial charge on any atom is -0.456 e. The van der Waals surface area contributed by atoms with Crippen LogP contribution in [-0.4, -0.2) is 0 Å². The Morgan fingerprint density at radius 1 is 0.537 bits per heavy atom. The molecule has 7 aromatic carbocycles. The number of nitrogens with zero attached hydrogens (tertiary/aromatic N) is 1. The summed E-state index contributed by atoms with van der Waals surface area (Å²) in [6, 6.07) is 60.5. The average Bonchev–Trinajstić information content (AvgIpc) is 3.83. The summed E-state index contributed by atoms with van der Waals surface area (Å²) in [5.41, 5.74) is 18.0. The lowest BCUT2D eigenvalue weighted by Crippen LogP contribution is -2.30. The molecule has 3 aliphatic carbocycles. The predicted molar refractivity (Wildman–Crippen MR) is 224 cm³/mol. The molecule has 8 aromatic rings. The van der Waals surface area contributed by atoms with Crippen molar-refractivity contribution in [2.75, 3.05) is 4.90 Å². The molecule has 0 aliphatic heterocycles. The highest BCUT2D eigenvalue weighted by Gasteiger charge is 2.47. The van der Waals surface area contributed by atoms with E-state index >= 15 is 0 Å². The number of hydrogen-bond acceptors (Lipinski definition) is 2. The van der Waals surface area contributed by atoms with Gasteiger partial charge in [0.25, 0.3) is 0 Å². The van der Waals surface area contributed by atoms with Crippen molar-refractivity contribution in [3.63, 3.8) is 0 Å². The zero-order valence-electron chi connectivity index (χ0n) is 30.5. The lowest BCUT2D eigenvalue weighted by atomic mass is 9.66. The smallest absolute Gasteiger partial charge is 0.137 e. The highest BCUT2D eigenvalue weighted by atomic mass is 16.3. The summed E-state index contributed by atoms with van der Waals surface area (Å²) in [5.74, 6) is 0. The summed E-state index contributed by atoms with van der Waals surface area (Å²) in [4.78, 5) is 2.47. The van der Waals surface area contributed by atoms with Gasteiger partial charge in [-0.3, -0.25) is 0 Å². The minimum atomic E-state index is -0.457. The number of anilines is 3. The van der Waals surface area contributed by atoms with Gasteiger partial charge in [-0.1, -0.05) is 147 Å². The Morgan fingerprint density at radius 2 is 1.22 bits per heavy atom. The fraction of sp³-hybridized carbons (Fsp3) is 0.115. The van der Waals surface area contributed by atoms with Gasteiger partial charge in [0, 0.05) is 22.2 Å². The quantitative estimate of drug-likeness (QED) is 0.178. The van der Waals surface area contributed by atoms with Gasteiger partial charge in [0.2, 0.25) is 0 Å². The van der Waals surface area contributed by atoms with E-state index in [0.29, 0.717) is 0 Å². The van der Waals surface area contributed by atoms with Gasteiger partial charge < -0.3 is 9.32 Å². The van der Waals surface area contributed by atoms with E-state index in [9.17, 15) is 0 Å². The Bertz CT molecular complexity index is 2870. The summed E-state index contributed by atoms with van der Waals surface area (Å²) in [6.45, 7) is 4.72. The highest BCUT2D eigenvalue weighted by molar-refractivity contribution is 6.13. The van der Waals surface area contributed by atoms with Crippen LogP contribution in [-0.2, 0) is 10.8 Å². The Labute approximate surface area is 316 Å². The fourth-order valence-corrected chi connectivity index (χ4v) is 10.1.